The standard InChI is InChI=1S/C21H33N5/c1-7-20-19(11-8-14(2)22)21(25-24-20)18-12-17(16(4)23-13-18)10-9-15(3)26(5)6/h9-10,12,14,23H,3,7-8,11,13,22H2,1-2,4-6H3,(H,24,25)/b10-9-. The zero-order chi connectivity index (χ0) is 19.3. The summed E-state index contributed by atoms with van der Waals surface area (Å²) in [6, 6.07) is 0.193. The van der Waals surface area contributed by atoms with Crippen molar-refractivity contribution in [1.82, 2.24) is 20.4 Å². The molecule has 1 aliphatic rings. The maximum atomic E-state index is 5.98. The lowest BCUT2D eigenvalue weighted by Crippen LogP contribution is -2.21. The van der Waals surface area contributed by atoms with Crippen molar-refractivity contribution in [1.29, 1.82) is 0 Å². The molecule has 0 aliphatic carbocycles. The monoisotopic (exact) mass is 355 g/mol. The first-order valence-corrected chi connectivity index (χ1v) is 9.35. The van der Waals surface area contributed by atoms with Crippen molar-refractivity contribution < 1.29 is 0 Å². The molecule has 26 heavy (non-hydrogen) atoms. The van der Waals surface area contributed by atoms with Gasteiger partial charge in [0, 0.05) is 49.3 Å². The average molecular weight is 356 g/mol. The minimum atomic E-state index is 0.193. The van der Waals surface area contributed by atoms with Gasteiger partial charge in [-0.25, -0.2) is 0 Å². The van der Waals surface area contributed by atoms with Gasteiger partial charge in [-0.05, 0) is 56.4 Å². The Bertz CT molecular complexity index is 732. The van der Waals surface area contributed by atoms with Crippen molar-refractivity contribution in [3.63, 3.8) is 0 Å². The van der Waals surface area contributed by atoms with Crippen LogP contribution in [0.2, 0.25) is 0 Å². The van der Waals surface area contributed by atoms with Crippen molar-refractivity contribution >= 4 is 5.57 Å². The average Bonchev–Trinajstić information content (AvgIpc) is 3.01. The number of aromatic amines is 1. The van der Waals surface area contributed by atoms with Crippen LogP contribution in [0.1, 0.15) is 44.1 Å². The number of nitrogens with one attached hydrogen (secondary N) is 2. The number of aromatic nitrogens is 2. The Kier molecular flexibility index (Phi) is 6.86. The van der Waals surface area contributed by atoms with Crippen molar-refractivity contribution in [2.24, 2.45) is 5.73 Å². The van der Waals surface area contributed by atoms with Gasteiger partial charge in [-0.2, -0.15) is 5.10 Å². The number of dihydropyridines is 1. The summed E-state index contributed by atoms with van der Waals surface area (Å²) in [4.78, 5) is 2.00. The molecule has 2 heterocycles. The molecule has 5 nitrogen and oxygen atoms in total. The number of likely N-dealkylation sites (N-methyl/N-ethyl adjacent to an activating group) is 1. The molecular weight excluding hydrogens is 322 g/mol. The van der Waals surface area contributed by atoms with Crippen molar-refractivity contribution in [2.75, 3.05) is 20.6 Å². The molecule has 0 bridgehead atoms. The summed E-state index contributed by atoms with van der Waals surface area (Å²) >= 11 is 0. The van der Waals surface area contributed by atoms with Gasteiger partial charge in [0.05, 0.1) is 5.69 Å². The van der Waals surface area contributed by atoms with Gasteiger partial charge >= 0.3 is 0 Å². The van der Waals surface area contributed by atoms with E-state index in [0.29, 0.717) is 0 Å². The molecule has 0 saturated heterocycles. The topological polar surface area (TPSA) is 70.0 Å². The molecule has 0 fully saturated rings. The second-order valence-corrected chi connectivity index (χ2v) is 7.22. The summed E-state index contributed by atoms with van der Waals surface area (Å²) in [5.74, 6) is 0. The molecule has 0 radical (unpaired) electrons. The lowest BCUT2D eigenvalue weighted by molar-refractivity contribution is 0.532. The van der Waals surface area contributed by atoms with E-state index in [1.807, 2.05) is 25.1 Å². The highest BCUT2D eigenvalue weighted by Gasteiger charge is 2.18. The van der Waals surface area contributed by atoms with E-state index in [0.717, 1.165) is 42.8 Å². The quantitative estimate of drug-likeness (QED) is 0.627. The van der Waals surface area contributed by atoms with Crippen molar-refractivity contribution in [2.45, 2.75) is 46.1 Å². The van der Waals surface area contributed by atoms with Gasteiger partial charge in [-0.3, -0.25) is 5.10 Å². The Morgan fingerprint density at radius 3 is 2.81 bits per heavy atom. The Labute approximate surface area is 157 Å². The molecule has 142 valence electrons. The summed E-state index contributed by atoms with van der Waals surface area (Å²) < 4.78 is 0. The Hall–Kier alpha value is -2.27. The molecule has 2 rings (SSSR count). The van der Waals surface area contributed by atoms with Crippen LogP contribution in [-0.2, 0) is 12.8 Å². The smallest absolute Gasteiger partial charge is 0.0933 e. The molecular formula is C21H33N5. The summed E-state index contributed by atoms with van der Waals surface area (Å²) in [6.45, 7) is 11.2. The number of allylic oxidation sites excluding steroid dienone is 5. The largest absolute Gasteiger partial charge is 0.384 e. The summed E-state index contributed by atoms with van der Waals surface area (Å²) in [5.41, 5.74) is 14.1. The van der Waals surface area contributed by atoms with Gasteiger partial charge in [0.2, 0.25) is 0 Å². The van der Waals surface area contributed by atoms with E-state index in [-0.39, 0.29) is 6.04 Å². The van der Waals surface area contributed by atoms with Gasteiger partial charge in [0.1, 0.15) is 0 Å². The van der Waals surface area contributed by atoms with E-state index in [9.17, 15) is 0 Å². The van der Waals surface area contributed by atoms with Gasteiger partial charge < -0.3 is 16.0 Å². The van der Waals surface area contributed by atoms with E-state index in [4.69, 9.17) is 5.73 Å². The third-order valence-corrected chi connectivity index (χ3v) is 4.80. The predicted molar refractivity (Wildman–Crippen MR) is 111 cm³/mol. The molecule has 0 aromatic carbocycles. The van der Waals surface area contributed by atoms with Gasteiger partial charge in [0.25, 0.3) is 0 Å². The molecule has 1 atom stereocenters. The van der Waals surface area contributed by atoms with Crippen molar-refractivity contribution in [3.8, 4) is 0 Å². The maximum absolute atomic E-state index is 5.98. The third-order valence-electron chi connectivity index (χ3n) is 4.80. The summed E-state index contributed by atoms with van der Waals surface area (Å²) in [6.07, 6.45) is 9.25. The number of H-pyrrole nitrogens is 1. The van der Waals surface area contributed by atoms with E-state index >= 15 is 0 Å². The zero-order valence-corrected chi connectivity index (χ0v) is 16.8. The number of nitrogens with two attached hydrogens (primary N) is 1. The molecule has 1 aromatic rings. The minimum Gasteiger partial charge on any atom is -0.384 e. The second kappa shape index (κ2) is 8.90. The van der Waals surface area contributed by atoms with Crippen LogP contribution in [0.15, 0.2) is 41.8 Å². The van der Waals surface area contributed by atoms with Crippen LogP contribution in [0.25, 0.3) is 5.57 Å². The fourth-order valence-electron chi connectivity index (χ4n) is 2.94. The van der Waals surface area contributed by atoms with Crippen LogP contribution < -0.4 is 11.1 Å². The van der Waals surface area contributed by atoms with Crippen LogP contribution in [0.5, 0.6) is 0 Å². The predicted octanol–water partition coefficient (Wildman–Crippen LogP) is 3.14. The van der Waals surface area contributed by atoms with Crippen LogP contribution in [0.4, 0.5) is 0 Å². The summed E-state index contributed by atoms with van der Waals surface area (Å²) in [7, 11) is 3.99. The maximum Gasteiger partial charge on any atom is 0.0933 e. The molecule has 0 spiro atoms. The molecule has 1 aromatic heterocycles. The van der Waals surface area contributed by atoms with Gasteiger partial charge in [0.15, 0.2) is 0 Å². The van der Waals surface area contributed by atoms with E-state index in [2.05, 4.69) is 55.0 Å². The fourth-order valence-corrected chi connectivity index (χ4v) is 2.94. The van der Waals surface area contributed by atoms with Crippen molar-refractivity contribution in [3.05, 3.63) is 58.7 Å². The van der Waals surface area contributed by atoms with Crippen LogP contribution in [-0.4, -0.2) is 41.8 Å². The SMILES string of the molecule is C=C(/C=C\C1=C(C)NCC(c2n[nH]c(CC)c2CCC(C)N)=C1)N(C)C. The van der Waals surface area contributed by atoms with E-state index in [1.165, 1.54) is 22.5 Å². The van der Waals surface area contributed by atoms with Crippen LogP contribution in [0.3, 0.4) is 0 Å². The Morgan fingerprint density at radius 2 is 2.19 bits per heavy atom. The van der Waals surface area contributed by atoms with Gasteiger partial charge in [-0.1, -0.05) is 19.6 Å². The molecule has 1 unspecified atom stereocenters. The highest BCUT2D eigenvalue weighted by molar-refractivity contribution is 5.72. The first-order chi connectivity index (χ1) is 12.3. The van der Waals surface area contributed by atoms with E-state index in [1.54, 1.807) is 0 Å². The molecule has 5 heteroatoms. The number of hydrogen-bond donors (Lipinski definition) is 3. The fraction of sp³-hybridized carbons (Fsp3) is 0.476. The Balaban J connectivity index is 2.32. The highest BCUT2D eigenvalue weighted by Crippen LogP contribution is 2.26. The summed E-state index contributed by atoms with van der Waals surface area (Å²) in [5, 5.41) is 11.3. The first-order valence-electron chi connectivity index (χ1n) is 9.35. The normalized spacial score (nSPS) is 15.8. The first kappa shape index (κ1) is 20.0. The minimum absolute atomic E-state index is 0.193. The number of hydrogen-bond acceptors (Lipinski definition) is 4. The van der Waals surface area contributed by atoms with Crippen LogP contribution >= 0.6 is 0 Å². The lowest BCUT2D eigenvalue weighted by atomic mass is 9.95. The zero-order valence-electron chi connectivity index (χ0n) is 16.8. The molecule has 1 aliphatic heterocycles. The molecule has 0 amide bonds. The van der Waals surface area contributed by atoms with Gasteiger partial charge in [-0.15, -0.1) is 0 Å². The van der Waals surface area contributed by atoms with Crippen LogP contribution in [0, 0.1) is 0 Å². The number of aryl methyl sites for hydroxylation is 1. The molecule has 4 N–H and O–H groups in total. The third kappa shape index (κ3) is 4.88. The second-order valence-electron chi connectivity index (χ2n) is 7.22. The number of nitrogens with zero attached hydrogens (tertiary/aromatic N) is 2. The lowest BCUT2D eigenvalue weighted by Gasteiger charge is -2.19. The highest BCUT2D eigenvalue weighted by atomic mass is 15.1. The van der Waals surface area contributed by atoms with E-state index < -0.39 is 0 Å². The Morgan fingerprint density at radius 1 is 1.46 bits per heavy atom. The number of rotatable bonds is 8. The molecule has 0 saturated carbocycles.